The van der Waals surface area contributed by atoms with Gasteiger partial charge in [-0.3, -0.25) is 10.1 Å². The van der Waals surface area contributed by atoms with Crippen LogP contribution in [0.25, 0.3) is 5.69 Å². The molecule has 0 aliphatic heterocycles. The van der Waals surface area contributed by atoms with Crippen LogP contribution in [0.3, 0.4) is 0 Å². The number of hydrogen-bond donors (Lipinski definition) is 2. The van der Waals surface area contributed by atoms with Crippen molar-refractivity contribution in [2.24, 2.45) is 5.92 Å². The van der Waals surface area contributed by atoms with Crippen LogP contribution in [-0.4, -0.2) is 26.9 Å². The first-order valence-corrected chi connectivity index (χ1v) is 6.90. The molecule has 5 nitrogen and oxygen atoms in total. The summed E-state index contributed by atoms with van der Waals surface area (Å²) in [7, 11) is 0. The second-order valence-corrected chi connectivity index (χ2v) is 5.25. The molecule has 3 rings (SSSR count). The molecule has 2 N–H and O–H groups in total. The Morgan fingerprint density at radius 1 is 1.38 bits per heavy atom. The summed E-state index contributed by atoms with van der Waals surface area (Å²) in [6.45, 7) is 0.408. The van der Waals surface area contributed by atoms with E-state index in [1.165, 1.54) is 12.1 Å². The van der Waals surface area contributed by atoms with Gasteiger partial charge in [0.15, 0.2) is 0 Å². The molecule has 1 unspecified atom stereocenters. The fourth-order valence-corrected chi connectivity index (χ4v) is 2.38. The second-order valence-electron chi connectivity index (χ2n) is 5.25. The van der Waals surface area contributed by atoms with E-state index in [-0.39, 0.29) is 11.7 Å². The van der Waals surface area contributed by atoms with Gasteiger partial charge in [0.25, 0.3) is 0 Å². The fourth-order valence-electron chi connectivity index (χ4n) is 2.38. The summed E-state index contributed by atoms with van der Waals surface area (Å²) < 4.78 is 14.6. The monoisotopic (exact) mass is 289 g/mol. The molecule has 1 atom stereocenters. The Balaban J connectivity index is 1.73. The lowest BCUT2D eigenvalue weighted by Gasteiger charge is -2.14. The number of nitrogens with one attached hydrogen (secondary N) is 1. The second kappa shape index (κ2) is 5.65. The van der Waals surface area contributed by atoms with Crippen LogP contribution in [-0.2, 0) is 11.3 Å². The minimum absolute atomic E-state index is 0.227. The average Bonchev–Trinajstić information content (AvgIpc) is 3.18. The van der Waals surface area contributed by atoms with Gasteiger partial charge in [0.1, 0.15) is 11.9 Å². The Hall–Kier alpha value is -2.21. The summed E-state index contributed by atoms with van der Waals surface area (Å²) >= 11 is 0. The van der Waals surface area contributed by atoms with Crippen molar-refractivity contribution in [3.05, 3.63) is 48.0 Å². The average molecular weight is 289 g/mol. The molecule has 0 saturated heterocycles. The van der Waals surface area contributed by atoms with Gasteiger partial charge in [-0.1, -0.05) is 0 Å². The molecule has 0 bridgehead atoms. The van der Waals surface area contributed by atoms with Crippen LogP contribution < -0.4 is 5.32 Å². The highest BCUT2D eigenvalue weighted by Gasteiger charge is 2.35. The van der Waals surface area contributed by atoms with Crippen molar-refractivity contribution in [3.8, 4) is 5.69 Å². The van der Waals surface area contributed by atoms with Crippen LogP contribution in [0.4, 0.5) is 4.39 Å². The van der Waals surface area contributed by atoms with Gasteiger partial charge in [-0.25, -0.2) is 9.07 Å². The van der Waals surface area contributed by atoms with Gasteiger partial charge in [-0.05, 0) is 49.1 Å². The number of halogens is 1. The number of hydrogen-bond acceptors (Lipinski definition) is 3. The Labute approximate surface area is 121 Å². The largest absolute Gasteiger partial charge is 0.480 e. The maximum atomic E-state index is 13.0. The van der Waals surface area contributed by atoms with Crippen LogP contribution in [0.2, 0.25) is 0 Å². The zero-order valence-corrected chi connectivity index (χ0v) is 11.4. The number of benzene rings is 1. The van der Waals surface area contributed by atoms with Crippen molar-refractivity contribution in [1.82, 2.24) is 15.1 Å². The molecule has 1 aromatic carbocycles. The predicted octanol–water partition coefficient (Wildman–Crippen LogP) is 1.96. The van der Waals surface area contributed by atoms with Gasteiger partial charge in [0, 0.05) is 12.7 Å². The van der Waals surface area contributed by atoms with Crippen LogP contribution in [0, 0.1) is 11.7 Å². The summed E-state index contributed by atoms with van der Waals surface area (Å²) in [4.78, 5) is 11.2. The number of rotatable bonds is 6. The van der Waals surface area contributed by atoms with E-state index < -0.39 is 12.0 Å². The van der Waals surface area contributed by atoms with Crippen LogP contribution in [0.15, 0.2) is 36.5 Å². The topological polar surface area (TPSA) is 67.2 Å². The summed E-state index contributed by atoms with van der Waals surface area (Å²) in [6.07, 6.45) is 3.57. The highest BCUT2D eigenvalue weighted by Crippen LogP contribution is 2.32. The maximum Gasteiger partial charge on any atom is 0.320 e. The van der Waals surface area contributed by atoms with Crippen LogP contribution in [0.1, 0.15) is 18.5 Å². The van der Waals surface area contributed by atoms with Crippen molar-refractivity contribution in [1.29, 1.82) is 0 Å². The number of carbonyl (C=O) groups is 1. The lowest BCUT2D eigenvalue weighted by molar-refractivity contribution is -0.140. The lowest BCUT2D eigenvalue weighted by Crippen LogP contribution is -2.38. The highest BCUT2D eigenvalue weighted by molar-refractivity contribution is 5.74. The Morgan fingerprint density at radius 2 is 2.10 bits per heavy atom. The fraction of sp³-hybridized carbons (Fsp3) is 0.333. The molecular weight excluding hydrogens is 273 g/mol. The van der Waals surface area contributed by atoms with Gasteiger partial charge in [0.05, 0.1) is 11.4 Å². The van der Waals surface area contributed by atoms with Gasteiger partial charge in [-0.2, -0.15) is 5.10 Å². The summed E-state index contributed by atoms with van der Waals surface area (Å²) in [5.41, 5.74) is 1.59. The summed E-state index contributed by atoms with van der Waals surface area (Å²) in [6, 6.07) is 7.34. The predicted molar refractivity (Wildman–Crippen MR) is 74.5 cm³/mol. The molecular formula is C15H16FN3O2. The lowest BCUT2D eigenvalue weighted by atomic mass is 10.2. The molecule has 1 aromatic heterocycles. The van der Waals surface area contributed by atoms with Crippen molar-refractivity contribution in [2.75, 3.05) is 0 Å². The molecule has 2 aromatic rings. The van der Waals surface area contributed by atoms with Gasteiger partial charge < -0.3 is 5.11 Å². The Bertz CT molecular complexity index is 635. The van der Waals surface area contributed by atoms with Crippen molar-refractivity contribution in [3.63, 3.8) is 0 Å². The molecule has 6 heteroatoms. The van der Waals surface area contributed by atoms with Crippen molar-refractivity contribution < 1.29 is 14.3 Å². The minimum Gasteiger partial charge on any atom is -0.480 e. The highest BCUT2D eigenvalue weighted by atomic mass is 19.1. The summed E-state index contributed by atoms with van der Waals surface area (Å²) in [5.74, 6) is -0.889. The molecule has 21 heavy (non-hydrogen) atoms. The normalized spacial score (nSPS) is 15.9. The molecule has 1 aliphatic rings. The van der Waals surface area contributed by atoms with Crippen LogP contribution >= 0.6 is 0 Å². The van der Waals surface area contributed by atoms with E-state index in [0.717, 1.165) is 24.2 Å². The van der Waals surface area contributed by atoms with Gasteiger partial charge >= 0.3 is 5.97 Å². The molecule has 1 fully saturated rings. The third kappa shape index (κ3) is 3.11. The zero-order valence-electron chi connectivity index (χ0n) is 11.4. The number of aliphatic carboxylic acids is 1. The Kier molecular flexibility index (Phi) is 3.70. The smallest absolute Gasteiger partial charge is 0.320 e. The minimum atomic E-state index is -0.814. The number of aromatic nitrogens is 2. The third-order valence-corrected chi connectivity index (χ3v) is 3.65. The quantitative estimate of drug-likeness (QED) is 0.853. The first-order valence-electron chi connectivity index (χ1n) is 6.90. The summed E-state index contributed by atoms with van der Waals surface area (Å²) in [5, 5.41) is 16.5. The van der Waals surface area contributed by atoms with Gasteiger partial charge in [0.2, 0.25) is 0 Å². The van der Waals surface area contributed by atoms with E-state index in [9.17, 15) is 14.3 Å². The van der Waals surface area contributed by atoms with Gasteiger partial charge in [-0.15, -0.1) is 0 Å². The number of carboxylic acid groups (broad SMARTS) is 1. The van der Waals surface area contributed by atoms with E-state index in [0.29, 0.717) is 6.54 Å². The first-order chi connectivity index (χ1) is 10.1. The molecule has 0 amide bonds. The van der Waals surface area contributed by atoms with E-state index >= 15 is 0 Å². The van der Waals surface area contributed by atoms with Crippen molar-refractivity contribution >= 4 is 5.97 Å². The number of carboxylic acids is 1. The molecule has 1 aliphatic carbocycles. The van der Waals surface area contributed by atoms with Crippen molar-refractivity contribution in [2.45, 2.75) is 25.4 Å². The van der Waals surface area contributed by atoms with E-state index in [1.54, 1.807) is 23.0 Å². The molecule has 1 saturated carbocycles. The number of nitrogens with zero attached hydrogens (tertiary/aromatic N) is 2. The standard InChI is InChI=1S/C15H16FN3O2/c16-11-3-5-12(6-4-11)19-13(7-8-18-19)9-17-14(15(20)21)10-1-2-10/h3-8,10,14,17H,1-2,9H2,(H,20,21). The maximum absolute atomic E-state index is 13.0. The first kappa shape index (κ1) is 13.8. The Morgan fingerprint density at radius 3 is 2.71 bits per heavy atom. The molecule has 1 heterocycles. The third-order valence-electron chi connectivity index (χ3n) is 3.65. The molecule has 110 valence electrons. The molecule has 0 spiro atoms. The van der Waals surface area contributed by atoms with Crippen LogP contribution in [0.5, 0.6) is 0 Å². The zero-order chi connectivity index (χ0) is 14.8. The SMILES string of the molecule is O=C(O)C(NCc1ccnn1-c1ccc(F)cc1)C1CC1. The van der Waals surface area contributed by atoms with E-state index in [2.05, 4.69) is 10.4 Å². The van der Waals surface area contributed by atoms with E-state index in [4.69, 9.17) is 0 Å². The molecule has 0 radical (unpaired) electrons. The van der Waals surface area contributed by atoms with E-state index in [1.807, 2.05) is 6.07 Å².